The predicted molar refractivity (Wildman–Crippen MR) is 111 cm³/mol. The van der Waals surface area contributed by atoms with Gasteiger partial charge in [0, 0.05) is 24.1 Å². The number of aromatic amines is 1. The van der Waals surface area contributed by atoms with Gasteiger partial charge in [0.25, 0.3) is 0 Å². The molecule has 14 heteroatoms. The number of nitrogens with zero attached hydrogens (tertiary/aromatic N) is 1. The van der Waals surface area contributed by atoms with E-state index in [0.29, 0.717) is 5.69 Å². The maximum Gasteiger partial charge on any atom is 0.326 e. The molecule has 1 rings (SSSR count). The van der Waals surface area contributed by atoms with E-state index in [1.807, 2.05) is 0 Å². The van der Waals surface area contributed by atoms with Gasteiger partial charge in [-0.25, -0.2) is 9.78 Å². The number of aromatic nitrogens is 2. The lowest BCUT2D eigenvalue weighted by Gasteiger charge is -2.26. The van der Waals surface area contributed by atoms with Gasteiger partial charge >= 0.3 is 5.97 Å². The Morgan fingerprint density at radius 3 is 2.13 bits per heavy atom. The molecule has 0 saturated carbocycles. The summed E-state index contributed by atoms with van der Waals surface area (Å²) in [4.78, 5) is 55.0. The molecule has 0 saturated heterocycles. The summed E-state index contributed by atoms with van der Waals surface area (Å²) >= 11 is 3.98. The van der Waals surface area contributed by atoms with Crippen LogP contribution in [0.15, 0.2) is 12.5 Å². The third kappa shape index (κ3) is 8.16. The van der Waals surface area contributed by atoms with E-state index in [-0.39, 0.29) is 12.2 Å². The molecule has 9 N–H and O–H groups in total. The zero-order valence-corrected chi connectivity index (χ0v) is 17.9. The van der Waals surface area contributed by atoms with Crippen LogP contribution >= 0.6 is 12.6 Å². The summed E-state index contributed by atoms with van der Waals surface area (Å²) in [6.45, 7) is 2.53. The van der Waals surface area contributed by atoms with Gasteiger partial charge in [-0.3, -0.25) is 14.4 Å². The lowest BCUT2D eigenvalue weighted by Crippen LogP contribution is -2.61. The molecule has 0 radical (unpaired) electrons. The van der Waals surface area contributed by atoms with Gasteiger partial charge in [0.1, 0.15) is 24.2 Å². The first-order valence-electron chi connectivity index (χ1n) is 9.31. The molecule has 1 aromatic rings. The Hall–Kier alpha value is -2.68. The summed E-state index contributed by atoms with van der Waals surface area (Å²) in [6, 6.07) is -5.38. The van der Waals surface area contributed by atoms with E-state index < -0.39 is 60.1 Å². The fourth-order valence-corrected chi connectivity index (χ4v) is 2.68. The quantitative estimate of drug-likeness (QED) is 0.141. The van der Waals surface area contributed by atoms with Crippen molar-refractivity contribution in [3.63, 3.8) is 0 Å². The topological polar surface area (TPSA) is 220 Å². The van der Waals surface area contributed by atoms with Crippen LogP contribution in [0.3, 0.4) is 0 Å². The van der Waals surface area contributed by atoms with Crippen molar-refractivity contribution in [3.8, 4) is 0 Å². The first-order valence-corrected chi connectivity index (χ1v) is 9.94. The standard InChI is InChI=1S/C17H28N6O7S/c1-7(24)12(18)15(27)22-11(5-31)14(26)23-13(8(2)25)16(28)21-10(17(29)30)3-9-4-19-6-20-9/h4,6-8,10-13,24-25,31H,3,5,18H2,1-2H3,(H,19,20)(H,21,28)(H,22,27)(H,23,26)(H,29,30). The molecule has 0 aliphatic rings. The number of rotatable bonds is 12. The van der Waals surface area contributed by atoms with Crippen LogP contribution < -0.4 is 21.7 Å². The number of carbonyl (C=O) groups excluding carboxylic acids is 3. The molecule has 0 aliphatic carbocycles. The van der Waals surface area contributed by atoms with E-state index >= 15 is 0 Å². The maximum atomic E-state index is 12.6. The molecule has 31 heavy (non-hydrogen) atoms. The van der Waals surface area contributed by atoms with Crippen molar-refractivity contribution in [2.75, 3.05) is 5.75 Å². The minimum Gasteiger partial charge on any atom is -0.480 e. The van der Waals surface area contributed by atoms with Gasteiger partial charge < -0.3 is 42.0 Å². The highest BCUT2D eigenvalue weighted by atomic mass is 32.1. The molecular weight excluding hydrogens is 432 g/mol. The molecule has 0 aliphatic heterocycles. The highest BCUT2D eigenvalue weighted by Gasteiger charge is 2.32. The van der Waals surface area contributed by atoms with Crippen molar-refractivity contribution in [2.24, 2.45) is 5.73 Å². The largest absolute Gasteiger partial charge is 0.480 e. The summed E-state index contributed by atoms with van der Waals surface area (Å²) in [5.41, 5.74) is 5.97. The number of nitrogens with one attached hydrogen (secondary N) is 4. The number of carboxylic acids is 1. The van der Waals surface area contributed by atoms with Gasteiger partial charge in [-0.2, -0.15) is 12.6 Å². The van der Waals surface area contributed by atoms with Gasteiger partial charge in [0.05, 0.1) is 18.5 Å². The van der Waals surface area contributed by atoms with Gasteiger partial charge in [0.2, 0.25) is 17.7 Å². The SMILES string of the molecule is CC(O)C(N)C(=O)NC(CS)C(=O)NC(C(=O)NC(Cc1cnc[nH]1)C(=O)O)C(C)O. The minimum absolute atomic E-state index is 0.103. The first kappa shape index (κ1) is 26.4. The number of thiol groups is 1. The number of hydrogen-bond donors (Lipinski definition) is 9. The number of carbonyl (C=O) groups is 4. The Balaban J connectivity index is 2.84. The Labute approximate surface area is 183 Å². The number of aliphatic hydroxyl groups is 2. The van der Waals surface area contributed by atoms with Crippen molar-refractivity contribution in [3.05, 3.63) is 18.2 Å². The second kappa shape index (κ2) is 12.2. The molecule has 3 amide bonds. The number of nitrogens with two attached hydrogens (primary N) is 1. The predicted octanol–water partition coefficient (Wildman–Crippen LogP) is -3.49. The number of aliphatic hydroxyl groups excluding tert-OH is 2. The van der Waals surface area contributed by atoms with Crippen LogP contribution in [-0.2, 0) is 25.6 Å². The average molecular weight is 461 g/mol. The maximum absolute atomic E-state index is 12.6. The third-order valence-corrected chi connectivity index (χ3v) is 4.66. The number of aliphatic carboxylic acids is 1. The Kier molecular flexibility index (Phi) is 10.4. The average Bonchev–Trinajstić information content (AvgIpc) is 3.21. The van der Waals surface area contributed by atoms with E-state index in [0.717, 1.165) is 0 Å². The van der Waals surface area contributed by atoms with Gasteiger partial charge in [-0.1, -0.05) is 0 Å². The van der Waals surface area contributed by atoms with Gasteiger partial charge in [-0.15, -0.1) is 0 Å². The molecule has 174 valence electrons. The van der Waals surface area contributed by atoms with E-state index in [1.54, 1.807) is 0 Å². The zero-order valence-electron chi connectivity index (χ0n) is 17.0. The molecule has 13 nitrogen and oxygen atoms in total. The molecule has 1 heterocycles. The van der Waals surface area contributed by atoms with Gasteiger partial charge in [0.15, 0.2) is 0 Å². The van der Waals surface area contributed by atoms with Crippen molar-refractivity contribution < 1.29 is 34.5 Å². The number of hydrogen-bond acceptors (Lipinski definition) is 9. The van der Waals surface area contributed by atoms with Crippen LogP contribution in [0.2, 0.25) is 0 Å². The highest BCUT2D eigenvalue weighted by Crippen LogP contribution is 2.03. The van der Waals surface area contributed by atoms with Crippen LogP contribution in [-0.4, -0.2) is 91.1 Å². The Morgan fingerprint density at radius 1 is 1.06 bits per heavy atom. The smallest absolute Gasteiger partial charge is 0.326 e. The second-order valence-corrected chi connectivity index (χ2v) is 7.28. The molecule has 6 unspecified atom stereocenters. The molecule has 0 bridgehead atoms. The summed E-state index contributed by atoms with van der Waals surface area (Å²) in [5, 5.41) is 35.5. The molecule has 0 spiro atoms. The van der Waals surface area contributed by atoms with Gasteiger partial charge in [-0.05, 0) is 13.8 Å². The fourth-order valence-electron chi connectivity index (χ4n) is 2.42. The van der Waals surface area contributed by atoms with Crippen molar-refractivity contribution >= 4 is 36.3 Å². The molecule has 0 fully saturated rings. The lowest BCUT2D eigenvalue weighted by atomic mass is 10.1. The Bertz CT molecular complexity index is 758. The fraction of sp³-hybridized carbons (Fsp3) is 0.588. The normalized spacial score (nSPS) is 16.8. The van der Waals surface area contributed by atoms with E-state index in [1.165, 1.54) is 26.4 Å². The first-order chi connectivity index (χ1) is 14.5. The van der Waals surface area contributed by atoms with Crippen molar-refractivity contribution in [1.29, 1.82) is 0 Å². The third-order valence-electron chi connectivity index (χ3n) is 4.29. The zero-order chi connectivity index (χ0) is 23.7. The number of imidazole rings is 1. The van der Waals surface area contributed by atoms with E-state index in [9.17, 15) is 34.5 Å². The molecule has 0 aromatic carbocycles. The number of H-pyrrole nitrogens is 1. The number of carboxylic acid groups (broad SMARTS) is 1. The minimum atomic E-state index is -1.51. The molecular formula is C17H28N6O7S. The van der Waals surface area contributed by atoms with Crippen LogP contribution in [0, 0.1) is 0 Å². The monoisotopic (exact) mass is 460 g/mol. The van der Waals surface area contributed by atoms with E-state index in [4.69, 9.17) is 5.73 Å². The van der Waals surface area contributed by atoms with E-state index in [2.05, 4.69) is 38.5 Å². The number of amides is 3. The van der Waals surface area contributed by atoms with Crippen LogP contribution in [0.4, 0.5) is 0 Å². The van der Waals surface area contributed by atoms with Crippen molar-refractivity contribution in [1.82, 2.24) is 25.9 Å². The summed E-state index contributed by atoms with van der Waals surface area (Å²) in [6.07, 6.45) is 0.0932. The Morgan fingerprint density at radius 2 is 1.68 bits per heavy atom. The van der Waals surface area contributed by atoms with Crippen LogP contribution in [0.5, 0.6) is 0 Å². The highest BCUT2D eigenvalue weighted by molar-refractivity contribution is 7.80. The summed E-state index contributed by atoms with van der Waals surface area (Å²) < 4.78 is 0. The molecule has 1 aromatic heterocycles. The van der Waals surface area contributed by atoms with Crippen molar-refractivity contribution in [2.45, 2.75) is 56.6 Å². The second-order valence-electron chi connectivity index (χ2n) is 6.92. The molecule has 6 atom stereocenters. The summed E-state index contributed by atoms with van der Waals surface area (Å²) in [5.74, 6) is -4.11. The van der Waals surface area contributed by atoms with Crippen LogP contribution in [0.1, 0.15) is 19.5 Å². The summed E-state index contributed by atoms with van der Waals surface area (Å²) in [7, 11) is 0. The lowest BCUT2D eigenvalue weighted by molar-refractivity contribution is -0.143. The van der Waals surface area contributed by atoms with Crippen LogP contribution in [0.25, 0.3) is 0 Å².